The van der Waals surface area contributed by atoms with Gasteiger partial charge in [0.05, 0.1) is 16.8 Å². The Balaban J connectivity index is 2.08. The Morgan fingerprint density at radius 1 is 1.11 bits per heavy atom. The molecule has 0 aliphatic heterocycles. The zero-order valence-corrected chi connectivity index (χ0v) is 15.3. The first kappa shape index (κ1) is 21.4. The first-order chi connectivity index (χ1) is 13.2. The van der Waals surface area contributed by atoms with Crippen LogP contribution in [0.25, 0.3) is 0 Å². The van der Waals surface area contributed by atoms with Gasteiger partial charge < -0.3 is 16.4 Å². The molecule has 0 aliphatic rings. The lowest BCUT2D eigenvalue weighted by Gasteiger charge is -2.15. The standard InChI is InChI=1S/C20H22F3N3O2/c1-13(14-5-4-6-15(12-14)20(21,22)23)11-18(27)26-17-8-3-2-7-16(17)19(28)25-10-9-24/h2-8,12-13H,9-11,24H2,1H3,(H,25,28)(H,26,27). The summed E-state index contributed by atoms with van der Waals surface area (Å²) in [7, 11) is 0. The zero-order valence-electron chi connectivity index (χ0n) is 15.3. The van der Waals surface area contributed by atoms with E-state index in [1.165, 1.54) is 6.07 Å². The van der Waals surface area contributed by atoms with E-state index in [-0.39, 0.29) is 24.4 Å². The van der Waals surface area contributed by atoms with Gasteiger partial charge in [0.25, 0.3) is 5.91 Å². The minimum absolute atomic E-state index is 0.0277. The second kappa shape index (κ2) is 9.36. The average molecular weight is 393 g/mol. The van der Waals surface area contributed by atoms with Crippen molar-refractivity contribution in [3.63, 3.8) is 0 Å². The summed E-state index contributed by atoms with van der Waals surface area (Å²) in [6.45, 7) is 2.26. The van der Waals surface area contributed by atoms with Crippen LogP contribution in [0, 0.1) is 0 Å². The largest absolute Gasteiger partial charge is 0.416 e. The second-order valence-corrected chi connectivity index (χ2v) is 6.37. The van der Waals surface area contributed by atoms with E-state index in [0.717, 1.165) is 12.1 Å². The number of carbonyl (C=O) groups is 2. The van der Waals surface area contributed by atoms with Gasteiger partial charge in [-0.2, -0.15) is 13.2 Å². The maximum atomic E-state index is 12.9. The van der Waals surface area contributed by atoms with Crippen LogP contribution in [0.1, 0.15) is 40.7 Å². The molecule has 2 amide bonds. The van der Waals surface area contributed by atoms with E-state index < -0.39 is 23.6 Å². The minimum Gasteiger partial charge on any atom is -0.351 e. The third-order valence-corrected chi connectivity index (χ3v) is 4.15. The van der Waals surface area contributed by atoms with Gasteiger partial charge in [-0.3, -0.25) is 9.59 Å². The van der Waals surface area contributed by atoms with Crippen molar-refractivity contribution < 1.29 is 22.8 Å². The highest BCUT2D eigenvalue weighted by molar-refractivity contribution is 6.03. The minimum atomic E-state index is -4.44. The zero-order chi connectivity index (χ0) is 20.7. The van der Waals surface area contributed by atoms with Gasteiger partial charge in [-0.1, -0.05) is 37.3 Å². The van der Waals surface area contributed by atoms with Crippen LogP contribution in [-0.4, -0.2) is 24.9 Å². The number of rotatable bonds is 7. The van der Waals surface area contributed by atoms with E-state index >= 15 is 0 Å². The summed E-state index contributed by atoms with van der Waals surface area (Å²) in [5.41, 5.74) is 5.65. The summed E-state index contributed by atoms with van der Waals surface area (Å²) in [6.07, 6.45) is -4.46. The van der Waals surface area contributed by atoms with E-state index in [9.17, 15) is 22.8 Å². The van der Waals surface area contributed by atoms with Crippen LogP contribution in [0.4, 0.5) is 18.9 Å². The van der Waals surface area contributed by atoms with E-state index in [1.54, 1.807) is 37.3 Å². The lowest BCUT2D eigenvalue weighted by molar-refractivity contribution is -0.137. The predicted molar refractivity (Wildman–Crippen MR) is 101 cm³/mol. The quantitative estimate of drug-likeness (QED) is 0.673. The van der Waals surface area contributed by atoms with Crippen molar-refractivity contribution in [2.75, 3.05) is 18.4 Å². The molecular formula is C20H22F3N3O2. The number of nitrogens with two attached hydrogens (primary N) is 1. The van der Waals surface area contributed by atoms with E-state index in [2.05, 4.69) is 10.6 Å². The van der Waals surface area contributed by atoms with Crippen LogP contribution >= 0.6 is 0 Å². The number of carbonyl (C=O) groups excluding carboxylic acids is 2. The number of anilines is 1. The average Bonchev–Trinajstić information content (AvgIpc) is 2.65. The highest BCUT2D eigenvalue weighted by atomic mass is 19.4. The molecule has 0 bridgehead atoms. The highest BCUT2D eigenvalue weighted by Gasteiger charge is 2.30. The molecule has 150 valence electrons. The fourth-order valence-electron chi connectivity index (χ4n) is 2.69. The molecule has 2 rings (SSSR count). The Morgan fingerprint density at radius 2 is 1.82 bits per heavy atom. The van der Waals surface area contributed by atoms with Crippen LogP contribution in [0.3, 0.4) is 0 Å². The number of halogens is 3. The molecule has 2 aromatic rings. The Kier molecular flexibility index (Phi) is 7.17. The molecule has 0 spiro atoms. The Hall–Kier alpha value is -2.87. The second-order valence-electron chi connectivity index (χ2n) is 6.37. The van der Waals surface area contributed by atoms with Gasteiger partial charge in [0.1, 0.15) is 0 Å². The molecule has 0 fully saturated rings. The van der Waals surface area contributed by atoms with Crippen molar-refractivity contribution >= 4 is 17.5 Å². The molecule has 0 radical (unpaired) electrons. The van der Waals surface area contributed by atoms with Crippen molar-refractivity contribution in [2.24, 2.45) is 5.73 Å². The number of para-hydroxylation sites is 1. The monoisotopic (exact) mass is 393 g/mol. The molecule has 0 aromatic heterocycles. The fourth-order valence-corrected chi connectivity index (χ4v) is 2.69. The van der Waals surface area contributed by atoms with Crippen LogP contribution in [0.2, 0.25) is 0 Å². The van der Waals surface area contributed by atoms with Gasteiger partial charge >= 0.3 is 6.18 Å². The van der Waals surface area contributed by atoms with Crippen molar-refractivity contribution in [1.29, 1.82) is 0 Å². The van der Waals surface area contributed by atoms with E-state index in [0.29, 0.717) is 17.8 Å². The molecule has 0 heterocycles. The third-order valence-electron chi connectivity index (χ3n) is 4.15. The van der Waals surface area contributed by atoms with Crippen molar-refractivity contribution in [2.45, 2.75) is 25.4 Å². The molecule has 1 atom stereocenters. The van der Waals surface area contributed by atoms with Gasteiger partial charge in [0, 0.05) is 19.5 Å². The first-order valence-electron chi connectivity index (χ1n) is 8.76. The Labute approximate surface area is 161 Å². The van der Waals surface area contributed by atoms with Crippen LogP contribution in [-0.2, 0) is 11.0 Å². The van der Waals surface area contributed by atoms with Crippen LogP contribution in [0.5, 0.6) is 0 Å². The molecule has 0 aliphatic carbocycles. The predicted octanol–water partition coefficient (Wildman–Crippen LogP) is 3.53. The Morgan fingerprint density at radius 3 is 2.50 bits per heavy atom. The molecule has 5 nitrogen and oxygen atoms in total. The number of hydrogen-bond donors (Lipinski definition) is 3. The smallest absolute Gasteiger partial charge is 0.351 e. The molecule has 28 heavy (non-hydrogen) atoms. The summed E-state index contributed by atoms with van der Waals surface area (Å²) < 4.78 is 38.6. The summed E-state index contributed by atoms with van der Waals surface area (Å²) in [5.74, 6) is -1.20. The van der Waals surface area contributed by atoms with Gasteiger partial charge in [0.2, 0.25) is 5.91 Å². The molecule has 4 N–H and O–H groups in total. The summed E-state index contributed by atoms with van der Waals surface area (Å²) in [6, 6.07) is 11.4. The molecular weight excluding hydrogens is 371 g/mol. The van der Waals surface area contributed by atoms with Crippen LogP contribution < -0.4 is 16.4 Å². The van der Waals surface area contributed by atoms with Gasteiger partial charge in [0.15, 0.2) is 0 Å². The number of hydrogen-bond acceptors (Lipinski definition) is 3. The lowest BCUT2D eigenvalue weighted by atomic mass is 9.95. The topological polar surface area (TPSA) is 84.2 Å². The number of nitrogens with one attached hydrogen (secondary N) is 2. The van der Waals surface area contributed by atoms with Crippen molar-refractivity contribution in [3.05, 3.63) is 65.2 Å². The van der Waals surface area contributed by atoms with Gasteiger partial charge in [-0.05, 0) is 29.7 Å². The van der Waals surface area contributed by atoms with Crippen molar-refractivity contribution in [1.82, 2.24) is 5.32 Å². The maximum Gasteiger partial charge on any atom is 0.416 e. The highest BCUT2D eigenvalue weighted by Crippen LogP contribution is 2.31. The molecule has 0 saturated heterocycles. The first-order valence-corrected chi connectivity index (χ1v) is 8.76. The Bertz CT molecular complexity index is 837. The lowest BCUT2D eigenvalue weighted by Crippen LogP contribution is -2.30. The van der Waals surface area contributed by atoms with Crippen LogP contribution in [0.15, 0.2) is 48.5 Å². The van der Waals surface area contributed by atoms with E-state index in [4.69, 9.17) is 5.73 Å². The summed E-state index contributed by atoms with van der Waals surface area (Å²) in [5, 5.41) is 5.29. The van der Waals surface area contributed by atoms with Gasteiger partial charge in [-0.15, -0.1) is 0 Å². The molecule has 1 unspecified atom stereocenters. The van der Waals surface area contributed by atoms with Crippen molar-refractivity contribution in [3.8, 4) is 0 Å². The summed E-state index contributed by atoms with van der Waals surface area (Å²) >= 11 is 0. The third kappa shape index (κ3) is 5.82. The SMILES string of the molecule is CC(CC(=O)Nc1ccccc1C(=O)NCCN)c1cccc(C(F)(F)F)c1. The molecule has 0 saturated carbocycles. The molecule has 2 aromatic carbocycles. The van der Waals surface area contributed by atoms with Gasteiger partial charge in [-0.25, -0.2) is 0 Å². The number of amides is 2. The molecule has 8 heteroatoms. The van der Waals surface area contributed by atoms with E-state index in [1.807, 2.05) is 0 Å². The summed E-state index contributed by atoms with van der Waals surface area (Å²) in [4.78, 5) is 24.5. The number of alkyl halides is 3. The maximum absolute atomic E-state index is 12.9. The number of benzene rings is 2. The normalized spacial score (nSPS) is 12.3. The fraction of sp³-hybridized carbons (Fsp3) is 0.300.